The molecule has 1 aromatic carbocycles. The first kappa shape index (κ1) is 12.6. The number of hydrogen-bond acceptors (Lipinski definition) is 3. The second kappa shape index (κ2) is 6.18. The highest BCUT2D eigenvalue weighted by Gasteiger charge is 2.14. The smallest absolute Gasteiger partial charge is 0.163 e. The van der Waals surface area contributed by atoms with Gasteiger partial charge in [-0.25, -0.2) is 0 Å². The molecule has 3 rings (SSSR count). The molecule has 0 amide bonds. The van der Waals surface area contributed by atoms with Crippen LogP contribution in [0.4, 0.5) is 5.69 Å². The van der Waals surface area contributed by atoms with E-state index in [2.05, 4.69) is 17.4 Å². The summed E-state index contributed by atoms with van der Waals surface area (Å²) >= 11 is 0. The molecule has 3 heteroatoms. The number of hydrogen-bond donors (Lipinski definition) is 1. The first-order valence-electron chi connectivity index (χ1n) is 7.55. The maximum Gasteiger partial charge on any atom is 0.163 e. The lowest BCUT2D eigenvalue weighted by Gasteiger charge is -2.22. The highest BCUT2D eigenvalue weighted by Crippen LogP contribution is 2.33. The number of fused-ring (bicyclic) bond motifs is 1. The summed E-state index contributed by atoms with van der Waals surface area (Å²) < 4.78 is 11.1. The molecule has 0 aromatic heterocycles. The molecule has 104 valence electrons. The van der Waals surface area contributed by atoms with Crippen molar-refractivity contribution in [3.05, 3.63) is 18.2 Å². The summed E-state index contributed by atoms with van der Waals surface area (Å²) in [6, 6.07) is 6.13. The normalized spacial score (nSPS) is 19.2. The SMILES string of the molecule is c1cc2c(cc1NCCC1CCCCC1)OCCO2. The minimum atomic E-state index is 0.651. The van der Waals surface area contributed by atoms with Crippen molar-refractivity contribution < 1.29 is 9.47 Å². The van der Waals surface area contributed by atoms with Crippen LogP contribution >= 0.6 is 0 Å². The maximum absolute atomic E-state index is 5.60. The molecular formula is C16H23NO2. The van der Waals surface area contributed by atoms with E-state index in [4.69, 9.17) is 9.47 Å². The van der Waals surface area contributed by atoms with Crippen LogP contribution in [-0.4, -0.2) is 19.8 Å². The minimum absolute atomic E-state index is 0.651. The molecule has 0 spiro atoms. The molecule has 1 aliphatic carbocycles. The number of nitrogens with one attached hydrogen (secondary N) is 1. The largest absolute Gasteiger partial charge is 0.486 e. The quantitative estimate of drug-likeness (QED) is 0.893. The van der Waals surface area contributed by atoms with Crippen molar-refractivity contribution in [1.82, 2.24) is 0 Å². The van der Waals surface area contributed by atoms with Crippen LogP contribution in [0.15, 0.2) is 18.2 Å². The lowest BCUT2D eigenvalue weighted by Crippen LogP contribution is -2.16. The Hall–Kier alpha value is -1.38. The summed E-state index contributed by atoms with van der Waals surface area (Å²) in [4.78, 5) is 0. The van der Waals surface area contributed by atoms with Crippen molar-refractivity contribution in [3.63, 3.8) is 0 Å². The van der Waals surface area contributed by atoms with Crippen LogP contribution in [0.25, 0.3) is 0 Å². The van der Waals surface area contributed by atoms with E-state index in [-0.39, 0.29) is 0 Å². The summed E-state index contributed by atoms with van der Waals surface area (Å²) in [5.74, 6) is 2.66. The minimum Gasteiger partial charge on any atom is -0.486 e. The van der Waals surface area contributed by atoms with E-state index in [1.54, 1.807) is 0 Å². The summed E-state index contributed by atoms with van der Waals surface area (Å²) in [5, 5.41) is 3.51. The van der Waals surface area contributed by atoms with Gasteiger partial charge in [-0.1, -0.05) is 32.1 Å². The predicted octanol–water partition coefficient (Wildman–Crippen LogP) is 3.84. The van der Waals surface area contributed by atoms with Gasteiger partial charge in [0.1, 0.15) is 13.2 Å². The Morgan fingerprint density at radius 3 is 2.63 bits per heavy atom. The van der Waals surface area contributed by atoms with E-state index >= 15 is 0 Å². The molecule has 0 radical (unpaired) electrons. The summed E-state index contributed by atoms with van der Waals surface area (Å²) in [6.45, 7) is 2.37. The van der Waals surface area contributed by atoms with Crippen molar-refractivity contribution >= 4 is 5.69 Å². The van der Waals surface area contributed by atoms with Crippen LogP contribution in [0.1, 0.15) is 38.5 Å². The van der Waals surface area contributed by atoms with Gasteiger partial charge < -0.3 is 14.8 Å². The predicted molar refractivity (Wildman–Crippen MR) is 77.1 cm³/mol. The highest BCUT2D eigenvalue weighted by molar-refractivity contribution is 5.55. The van der Waals surface area contributed by atoms with E-state index < -0.39 is 0 Å². The Labute approximate surface area is 115 Å². The first-order chi connectivity index (χ1) is 9.42. The van der Waals surface area contributed by atoms with E-state index in [0.717, 1.165) is 29.6 Å². The maximum atomic E-state index is 5.60. The number of rotatable bonds is 4. The number of benzene rings is 1. The Balaban J connectivity index is 1.49. The lowest BCUT2D eigenvalue weighted by atomic mass is 9.87. The van der Waals surface area contributed by atoms with Crippen molar-refractivity contribution in [2.24, 2.45) is 5.92 Å². The van der Waals surface area contributed by atoms with E-state index in [9.17, 15) is 0 Å². The van der Waals surface area contributed by atoms with Crippen molar-refractivity contribution in [1.29, 1.82) is 0 Å². The monoisotopic (exact) mass is 261 g/mol. The third-order valence-corrected chi connectivity index (χ3v) is 4.15. The van der Waals surface area contributed by atoms with Crippen molar-refractivity contribution in [2.75, 3.05) is 25.1 Å². The van der Waals surface area contributed by atoms with Gasteiger partial charge >= 0.3 is 0 Å². The topological polar surface area (TPSA) is 30.5 Å². The lowest BCUT2D eigenvalue weighted by molar-refractivity contribution is 0.171. The Morgan fingerprint density at radius 1 is 1.00 bits per heavy atom. The molecular weight excluding hydrogens is 238 g/mol. The third kappa shape index (κ3) is 3.34. The average molecular weight is 261 g/mol. The highest BCUT2D eigenvalue weighted by atomic mass is 16.6. The van der Waals surface area contributed by atoms with Crippen molar-refractivity contribution in [3.8, 4) is 11.5 Å². The van der Waals surface area contributed by atoms with Gasteiger partial charge in [-0.15, -0.1) is 0 Å². The summed E-state index contributed by atoms with van der Waals surface area (Å²) in [6.07, 6.45) is 8.41. The summed E-state index contributed by atoms with van der Waals surface area (Å²) in [7, 11) is 0. The van der Waals surface area contributed by atoms with Crippen LogP contribution in [0.5, 0.6) is 11.5 Å². The molecule has 0 saturated heterocycles. The van der Waals surface area contributed by atoms with Crippen LogP contribution in [0, 0.1) is 5.92 Å². The van der Waals surface area contributed by atoms with E-state index in [1.807, 2.05) is 6.07 Å². The van der Waals surface area contributed by atoms with Crippen LogP contribution < -0.4 is 14.8 Å². The Kier molecular flexibility index (Phi) is 4.11. The number of anilines is 1. The van der Waals surface area contributed by atoms with Crippen LogP contribution in [0.3, 0.4) is 0 Å². The number of ether oxygens (including phenoxy) is 2. The van der Waals surface area contributed by atoms with Gasteiger partial charge in [-0.3, -0.25) is 0 Å². The molecule has 3 nitrogen and oxygen atoms in total. The molecule has 0 bridgehead atoms. The average Bonchev–Trinajstić information content (AvgIpc) is 2.48. The Bertz CT molecular complexity index is 413. The fourth-order valence-electron chi connectivity index (χ4n) is 3.05. The van der Waals surface area contributed by atoms with E-state index in [1.165, 1.54) is 38.5 Å². The molecule has 1 saturated carbocycles. The molecule has 1 aromatic rings. The molecule has 1 heterocycles. The van der Waals surface area contributed by atoms with Gasteiger partial charge in [-0.2, -0.15) is 0 Å². The Morgan fingerprint density at radius 2 is 1.79 bits per heavy atom. The third-order valence-electron chi connectivity index (χ3n) is 4.15. The van der Waals surface area contributed by atoms with Gasteiger partial charge in [0.2, 0.25) is 0 Å². The molecule has 19 heavy (non-hydrogen) atoms. The van der Waals surface area contributed by atoms with Gasteiger partial charge in [0, 0.05) is 18.3 Å². The molecule has 1 N–H and O–H groups in total. The summed E-state index contributed by atoms with van der Waals surface area (Å²) in [5.41, 5.74) is 1.14. The van der Waals surface area contributed by atoms with Crippen molar-refractivity contribution in [2.45, 2.75) is 38.5 Å². The molecule has 1 fully saturated rings. The fourth-order valence-corrected chi connectivity index (χ4v) is 3.05. The van der Waals surface area contributed by atoms with E-state index in [0.29, 0.717) is 13.2 Å². The fraction of sp³-hybridized carbons (Fsp3) is 0.625. The molecule has 0 atom stereocenters. The molecule has 2 aliphatic rings. The van der Waals surface area contributed by atoms with Gasteiger partial charge in [-0.05, 0) is 24.5 Å². The van der Waals surface area contributed by atoms with Gasteiger partial charge in [0.05, 0.1) is 0 Å². The zero-order valence-corrected chi connectivity index (χ0v) is 11.5. The second-order valence-corrected chi connectivity index (χ2v) is 5.58. The van der Waals surface area contributed by atoms with Gasteiger partial charge in [0.15, 0.2) is 11.5 Å². The standard InChI is InChI=1S/C16H23NO2/c1-2-4-13(5-3-1)8-9-17-14-6-7-15-16(12-14)19-11-10-18-15/h6-7,12-13,17H,1-5,8-11H2. The zero-order valence-electron chi connectivity index (χ0n) is 11.5. The first-order valence-corrected chi connectivity index (χ1v) is 7.55. The second-order valence-electron chi connectivity index (χ2n) is 5.58. The van der Waals surface area contributed by atoms with Crippen LogP contribution in [-0.2, 0) is 0 Å². The van der Waals surface area contributed by atoms with Gasteiger partial charge in [0.25, 0.3) is 0 Å². The molecule has 0 unspecified atom stereocenters. The van der Waals surface area contributed by atoms with Crippen LogP contribution in [0.2, 0.25) is 0 Å². The zero-order chi connectivity index (χ0) is 12.9. The molecule has 1 aliphatic heterocycles.